The van der Waals surface area contributed by atoms with Crippen molar-refractivity contribution < 1.29 is 14.2 Å². The maximum Gasteiger partial charge on any atom is 0.321 e. The monoisotopic (exact) mass is 281 g/mol. The van der Waals surface area contributed by atoms with E-state index in [0.717, 1.165) is 0 Å². The molecule has 0 spiro atoms. The minimum absolute atomic E-state index is 0.0369. The van der Waals surface area contributed by atoms with E-state index in [9.17, 15) is 0 Å². The lowest BCUT2D eigenvalue weighted by Crippen LogP contribution is -2.01. The first-order valence-corrected chi connectivity index (χ1v) is 5.74. The molecule has 0 saturated carbocycles. The highest BCUT2D eigenvalue weighted by Gasteiger charge is 2.17. The van der Waals surface area contributed by atoms with E-state index in [0.29, 0.717) is 22.9 Å². The number of benzene rings is 1. The van der Waals surface area contributed by atoms with Crippen LogP contribution in [0.15, 0.2) is 18.2 Å². The van der Waals surface area contributed by atoms with Crippen LogP contribution in [0.3, 0.4) is 0 Å². The Labute approximate surface area is 115 Å². The van der Waals surface area contributed by atoms with Crippen molar-refractivity contribution in [2.45, 2.75) is 0 Å². The molecule has 0 atom stereocenters. The predicted molar refractivity (Wildman–Crippen MR) is 69.9 cm³/mol. The normalized spacial score (nSPS) is 10.1. The molecule has 0 saturated heterocycles. The molecule has 7 heteroatoms. The summed E-state index contributed by atoms with van der Waals surface area (Å²) in [5.41, 5.74) is 0.593. The number of halogens is 1. The van der Waals surface area contributed by atoms with Crippen LogP contribution in [-0.2, 0) is 0 Å². The summed E-state index contributed by atoms with van der Waals surface area (Å²) < 4.78 is 15.6. The second kappa shape index (κ2) is 5.71. The minimum Gasteiger partial charge on any atom is -0.496 e. The summed E-state index contributed by atoms with van der Waals surface area (Å²) in [4.78, 5) is 12.1. The van der Waals surface area contributed by atoms with Gasteiger partial charge >= 0.3 is 6.01 Å². The number of methoxy groups -OCH3 is 3. The average Bonchev–Trinajstić information content (AvgIpc) is 2.45. The summed E-state index contributed by atoms with van der Waals surface area (Å²) in [6, 6.07) is 5.49. The molecule has 2 rings (SSSR count). The van der Waals surface area contributed by atoms with Gasteiger partial charge in [-0.3, -0.25) is 0 Å². The molecular formula is C12H12ClN3O3. The summed E-state index contributed by atoms with van der Waals surface area (Å²) in [5.74, 6) is 1.47. The van der Waals surface area contributed by atoms with Crippen LogP contribution in [0.1, 0.15) is 0 Å². The fourth-order valence-corrected chi connectivity index (χ4v) is 1.76. The number of rotatable bonds is 4. The zero-order chi connectivity index (χ0) is 13.8. The first-order valence-electron chi connectivity index (χ1n) is 5.36. The highest BCUT2D eigenvalue weighted by atomic mass is 35.5. The van der Waals surface area contributed by atoms with Crippen molar-refractivity contribution in [1.29, 1.82) is 0 Å². The van der Waals surface area contributed by atoms with Crippen molar-refractivity contribution in [2.24, 2.45) is 0 Å². The first-order chi connectivity index (χ1) is 9.19. The second-order valence-electron chi connectivity index (χ2n) is 3.45. The van der Waals surface area contributed by atoms with Crippen molar-refractivity contribution in [3.05, 3.63) is 23.5 Å². The molecule has 0 aliphatic heterocycles. The molecule has 0 aliphatic rings. The SMILES string of the molecule is COc1nc(Cl)nc(-c2c(OC)cccc2OC)n1. The lowest BCUT2D eigenvalue weighted by atomic mass is 10.1. The third-order valence-corrected chi connectivity index (χ3v) is 2.59. The van der Waals surface area contributed by atoms with Crippen LogP contribution < -0.4 is 14.2 Å². The third kappa shape index (κ3) is 2.68. The van der Waals surface area contributed by atoms with Crippen molar-refractivity contribution in [3.63, 3.8) is 0 Å². The van der Waals surface area contributed by atoms with Crippen LogP contribution >= 0.6 is 11.6 Å². The molecule has 1 heterocycles. The van der Waals surface area contributed by atoms with E-state index in [1.807, 2.05) is 0 Å². The van der Waals surface area contributed by atoms with Crippen LogP contribution in [0.4, 0.5) is 0 Å². The first kappa shape index (κ1) is 13.4. The maximum absolute atomic E-state index is 5.85. The molecule has 0 N–H and O–H groups in total. The van der Waals surface area contributed by atoms with E-state index in [-0.39, 0.29) is 11.3 Å². The molecule has 0 bridgehead atoms. The Hall–Kier alpha value is -2.08. The fourth-order valence-electron chi connectivity index (χ4n) is 1.61. The summed E-state index contributed by atoms with van der Waals surface area (Å²) >= 11 is 5.85. The molecule has 6 nitrogen and oxygen atoms in total. The van der Waals surface area contributed by atoms with Crippen molar-refractivity contribution in [3.8, 4) is 28.9 Å². The van der Waals surface area contributed by atoms with Gasteiger partial charge in [0.2, 0.25) is 5.28 Å². The fraction of sp³-hybridized carbons (Fsp3) is 0.250. The molecule has 0 fully saturated rings. The Kier molecular flexibility index (Phi) is 4.01. The average molecular weight is 282 g/mol. The van der Waals surface area contributed by atoms with Gasteiger partial charge in [-0.05, 0) is 23.7 Å². The number of hydrogen-bond acceptors (Lipinski definition) is 6. The van der Waals surface area contributed by atoms with Gasteiger partial charge in [0.25, 0.3) is 0 Å². The molecule has 1 aromatic heterocycles. The Bertz CT molecular complexity index is 570. The van der Waals surface area contributed by atoms with Crippen LogP contribution in [-0.4, -0.2) is 36.3 Å². The van der Waals surface area contributed by atoms with Gasteiger partial charge in [-0.15, -0.1) is 0 Å². The highest BCUT2D eigenvalue weighted by molar-refractivity contribution is 6.28. The van der Waals surface area contributed by atoms with Gasteiger partial charge in [0, 0.05) is 0 Å². The van der Waals surface area contributed by atoms with Gasteiger partial charge in [0.05, 0.1) is 21.3 Å². The zero-order valence-electron chi connectivity index (χ0n) is 10.7. The van der Waals surface area contributed by atoms with Gasteiger partial charge in [-0.1, -0.05) is 6.07 Å². The lowest BCUT2D eigenvalue weighted by molar-refractivity contribution is 0.377. The minimum atomic E-state index is 0.0369. The van der Waals surface area contributed by atoms with Gasteiger partial charge < -0.3 is 14.2 Å². The van der Waals surface area contributed by atoms with Crippen molar-refractivity contribution >= 4 is 11.6 Å². The molecule has 19 heavy (non-hydrogen) atoms. The summed E-state index contributed by atoms with van der Waals surface area (Å²) in [5, 5.41) is 0.0369. The van der Waals surface area contributed by atoms with E-state index in [1.54, 1.807) is 32.4 Å². The standard InChI is InChI=1S/C12H12ClN3O3/c1-17-7-5-4-6-8(18-2)9(7)10-14-11(13)16-12(15-10)19-3/h4-6H,1-3H3. The third-order valence-electron chi connectivity index (χ3n) is 2.42. The molecule has 1 aromatic carbocycles. The van der Waals surface area contributed by atoms with Crippen molar-refractivity contribution in [1.82, 2.24) is 15.0 Å². The smallest absolute Gasteiger partial charge is 0.321 e. The summed E-state index contributed by atoms with van der Waals surface area (Å²) in [6.45, 7) is 0. The van der Waals surface area contributed by atoms with Gasteiger partial charge in [-0.2, -0.15) is 15.0 Å². The van der Waals surface area contributed by atoms with Gasteiger partial charge in [0.1, 0.15) is 17.1 Å². The maximum atomic E-state index is 5.85. The number of ether oxygens (including phenoxy) is 3. The van der Waals surface area contributed by atoms with E-state index in [4.69, 9.17) is 25.8 Å². The Morgan fingerprint density at radius 3 is 2.05 bits per heavy atom. The molecule has 0 aliphatic carbocycles. The molecular weight excluding hydrogens is 270 g/mol. The lowest BCUT2D eigenvalue weighted by Gasteiger charge is -2.12. The Balaban J connectivity index is 2.66. The number of nitrogens with zero attached hydrogens (tertiary/aromatic N) is 3. The van der Waals surface area contributed by atoms with E-state index < -0.39 is 0 Å². The number of aromatic nitrogens is 3. The highest BCUT2D eigenvalue weighted by Crippen LogP contribution is 2.36. The largest absolute Gasteiger partial charge is 0.496 e. The molecule has 2 aromatic rings. The quantitative estimate of drug-likeness (QED) is 0.856. The molecule has 0 amide bonds. The van der Waals surface area contributed by atoms with Gasteiger partial charge in [-0.25, -0.2) is 0 Å². The van der Waals surface area contributed by atoms with E-state index >= 15 is 0 Å². The Morgan fingerprint density at radius 1 is 0.895 bits per heavy atom. The molecule has 100 valence electrons. The summed E-state index contributed by atoms with van der Waals surface area (Å²) in [7, 11) is 4.56. The predicted octanol–water partition coefficient (Wildman–Crippen LogP) is 2.22. The molecule has 0 unspecified atom stereocenters. The topological polar surface area (TPSA) is 66.4 Å². The van der Waals surface area contributed by atoms with Crippen LogP contribution in [0.2, 0.25) is 5.28 Å². The Morgan fingerprint density at radius 2 is 1.53 bits per heavy atom. The summed E-state index contributed by atoms with van der Waals surface area (Å²) in [6.07, 6.45) is 0. The van der Waals surface area contributed by atoms with Crippen molar-refractivity contribution in [2.75, 3.05) is 21.3 Å². The number of hydrogen-bond donors (Lipinski definition) is 0. The van der Waals surface area contributed by atoms with E-state index in [2.05, 4.69) is 15.0 Å². The second-order valence-corrected chi connectivity index (χ2v) is 3.79. The van der Waals surface area contributed by atoms with Crippen LogP contribution in [0.25, 0.3) is 11.4 Å². The van der Waals surface area contributed by atoms with E-state index in [1.165, 1.54) is 7.11 Å². The zero-order valence-corrected chi connectivity index (χ0v) is 11.4. The molecule has 0 radical (unpaired) electrons. The van der Waals surface area contributed by atoms with Gasteiger partial charge in [0.15, 0.2) is 5.82 Å². The van der Waals surface area contributed by atoms with Crippen LogP contribution in [0, 0.1) is 0 Å². The van der Waals surface area contributed by atoms with Crippen LogP contribution in [0.5, 0.6) is 17.5 Å².